The average molecular weight is 1040 g/mol. The smallest absolute Gasteiger partial charge is 0.148 e. The molecule has 6 heteroatoms. The number of aromatic nitrogens is 4. The van der Waals surface area contributed by atoms with E-state index in [1.807, 2.05) is 89.6 Å². The molecule has 0 radical (unpaired) electrons. The van der Waals surface area contributed by atoms with Crippen molar-refractivity contribution >= 4 is 32.8 Å². The molecular weight excluding hydrogens is 1000 g/mol. The zero-order chi connectivity index (χ0) is 46.6. The molecule has 1 N–H and O–H groups in total. The number of para-hydroxylation sites is 4. The van der Waals surface area contributed by atoms with Crippen molar-refractivity contribution < 1.29 is 30.3 Å². The van der Waals surface area contributed by atoms with Crippen LogP contribution < -0.4 is 0 Å². The molecule has 12 rings (SSSR count). The van der Waals surface area contributed by atoms with Crippen LogP contribution in [0, 0.1) is 12.9 Å². The second kappa shape index (κ2) is 17.4. The third-order valence-electron chi connectivity index (χ3n) is 12.5. The summed E-state index contributed by atoms with van der Waals surface area (Å²) in [5.74, 6) is 0.569. The van der Waals surface area contributed by atoms with Crippen LogP contribution in [0.1, 0.15) is 9.68 Å². The fourth-order valence-electron chi connectivity index (χ4n) is 9.44. The zero-order valence-electron chi connectivity index (χ0n) is 38.9. The topological polar surface area (TPSA) is 55.9 Å². The standard InChI is InChI=1S/C61H41N4O.Pt/c1-40-28-33-55(51(36-40)44-18-7-3-8-19-44)65-56-26-15-24-48(60(56)63-61(65)50-23-12-14-27-58(50)66)52-37-46(39-57-59(52)49-22-11-13-25-54(49)64(57)47-20-9-4-10-21-47)53-38-45(34-35-62-53)43-31-29-42(30-32-43)41-16-5-2-6-17-41;/h2-36,38-39,66H,1H3;/q-1;/i1D3;. The number of hydrogen-bond acceptors (Lipinski definition) is 3. The SMILES string of the molecule is [2H]C([2H])([2H])c1ccc(-n2c(-c3ccccc3O)nc3c(-c4[c-]c(-c5cc(-c6ccc(-c7ccccc7)cc6)ccn5)cc5c4c4ccccc4n5-c4ccccc4)cccc32)c(-c2ccccc2)c1.[Pt]. The molecule has 322 valence electrons. The fourth-order valence-corrected chi connectivity index (χ4v) is 9.44. The Bertz CT molecular complexity index is 3890. The van der Waals surface area contributed by atoms with Gasteiger partial charge in [0.2, 0.25) is 0 Å². The van der Waals surface area contributed by atoms with E-state index in [0.29, 0.717) is 28.2 Å². The van der Waals surface area contributed by atoms with Crippen LogP contribution in [0.4, 0.5) is 0 Å². The predicted molar refractivity (Wildman–Crippen MR) is 271 cm³/mol. The van der Waals surface area contributed by atoms with Gasteiger partial charge in [0.25, 0.3) is 0 Å². The molecule has 0 amide bonds. The van der Waals surface area contributed by atoms with Crippen LogP contribution in [0.5, 0.6) is 5.75 Å². The van der Waals surface area contributed by atoms with E-state index in [-0.39, 0.29) is 32.4 Å². The van der Waals surface area contributed by atoms with Crippen LogP contribution in [0.3, 0.4) is 0 Å². The van der Waals surface area contributed by atoms with Gasteiger partial charge in [-0.25, -0.2) is 4.98 Å². The van der Waals surface area contributed by atoms with Gasteiger partial charge in [0, 0.05) is 53.8 Å². The molecule has 0 aliphatic heterocycles. The predicted octanol–water partition coefficient (Wildman–Crippen LogP) is 15.3. The Kier molecular flexibility index (Phi) is 9.89. The number of phenols is 1. The quantitative estimate of drug-likeness (QED) is 0.154. The molecular formula is C61H41N4OPt-. The van der Waals surface area contributed by atoms with Crippen LogP contribution in [0.2, 0.25) is 0 Å². The number of benzene rings is 9. The molecule has 3 heterocycles. The molecule has 0 atom stereocenters. The number of pyridine rings is 1. The van der Waals surface area contributed by atoms with Crippen molar-refractivity contribution in [1.82, 2.24) is 19.1 Å². The molecule has 0 fully saturated rings. The van der Waals surface area contributed by atoms with Crippen molar-refractivity contribution in [2.45, 2.75) is 6.85 Å². The molecule has 0 bridgehead atoms. The van der Waals surface area contributed by atoms with Gasteiger partial charge in [0.15, 0.2) is 0 Å². The van der Waals surface area contributed by atoms with Gasteiger partial charge in [-0.2, -0.15) is 0 Å². The Morgan fingerprint density at radius 2 is 1.15 bits per heavy atom. The molecule has 9 aromatic carbocycles. The molecule has 3 aromatic heterocycles. The maximum atomic E-state index is 11.5. The van der Waals surface area contributed by atoms with Gasteiger partial charge in [-0.05, 0) is 100 Å². The summed E-state index contributed by atoms with van der Waals surface area (Å²) in [7, 11) is 0. The number of nitrogens with zero attached hydrogens (tertiary/aromatic N) is 4. The largest absolute Gasteiger partial charge is 0.507 e. The fraction of sp³-hybridized carbons (Fsp3) is 0.0164. The summed E-state index contributed by atoms with van der Waals surface area (Å²) >= 11 is 0. The van der Waals surface area contributed by atoms with Gasteiger partial charge in [0.05, 0.1) is 22.3 Å². The summed E-state index contributed by atoms with van der Waals surface area (Å²) in [5, 5.41) is 13.6. The van der Waals surface area contributed by atoms with Crippen molar-refractivity contribution in [3.05, 3.63) is 236 Å². The van der Waals surface area contributed by atoms with E-state index in [0.717, 1.165) is 77.6 Å². The second-order valence-electron chi connectivity index (χ2n) is 16.4. The first-order chi connectivity index (χ1) is 33.8. The summed E-state index contributed by atoms with van der Waals surface area (Å²) < 4.78 is 29.4. The van der Waals surface area contributed by atoms with Crippen molar-refractivity contribution in [2.24, 2.45) is 0 Å². The van der Waals surface area contributed by atoms with Gasteiger partial charge >= 0.3 is 0 Å². The molecule has 12 aromatic rings. The third-order valence-corrected chi connectivity index (χ3v) is 12.5. The van der Waals surface area contributed by atoms with Crippen LogP contribution >= 0.6 is 0 Å². The Balaban J connectivity index is 0.00000533. The van der Waals surface area contributed by atoms with E-state index < -0.39 is 6.85 Å². The molecule has 0 saturated heterocycles. The van der Waals surface area contributed by atoms with E-state index in [2.05, 4.69) is 126 Å². The number of aryl methyl sites for hydroxylation is 1. The van der Waals surface area contributed by atoms with Gasteiger partial charge in [-0.15, -0.1) is 11.6 Å². The van der Waals surface area contributed by atoms with Crippen molar-refractivity contribution in [2.75, 3.05) is 0 Å². The first-order valence-corrected chi connectivity index (χ1v) is 22.0. The van der Waals surface area contributed by atoms with Crippen LogP contribution in [0.25, 0.3) is 111 Å². The summed E-state index contributed by atoms with van der Waals surface area (Å²) in [6.45, 7) is -2.33. The van der Waals surface area contributed by atoms with Gasteiger partial charge in [-0.3, -0.25) is 9.55 Å². The molecule has 5 nitrogen and oxygen atoms in total. The zero-order valence-corrected chi connectivity index (χ0v) is 38.2. The van der Waals surface area contributed by atoms with E-state index >= 15 is 0 Å². The number of rotatable bonds is 8. The van der Waals surface area contributed by atoms with Gasteiger partial charge in [-0.1, -0.05) is 186 Å². The number of imidazole rings is 1. The van der Waals surface area contributed by atoms with E-state index in [1.165, 1.54) is 5.56 Å². The molecule has 67 heavy (non-hydrogen) atoms. The number of aromatic hydroxyl groups is 1. The van der Waals surface area contributed by atoms with Gasteiger partial charge in [0.1, 0.15) is 11.6 Å². The minimum atomic E-state index is -2.33. The van der Waals surface area contributed by atoms with Gasteiger partial charge < -0.3 is 9.67 Å². The summed E-state index contributed by atoms with van der Waals surface area (Å²) in [4.78, 5) is 10.5. The minimum Gasteiger partial charge on any atom is -0.507 e. The van der Waals surface area contributed by atoms with E-state index in [4.69, 9.17) is 14.1 Å². The van der Waals surface area contributed by atoms with Crippen molar-refractivity contribution in [3.8, 4) is 84.3 Å². The van der Waals surface area contributed by atoms with Crippen LogP contribution in [0.15, 0.2) is 225 Å². The maximum absolute atomic E-state index is 11.5. The Hall–Kier alpha value is -8.11. The summed E-state index contributed by atoms with van der Waals surface area (Å²) in [5.41, 5.74) is 15.2. The summed E-state index contributed by atoms with van der Waals surface area (Å²) in [6.07, 6.45) is 1.86. The van der Waals surface area contributed by atoms with E-state index in [1.54, 1.807) is 24.3 Å². The second-order valence-corrected chi connectivity index (χ2v) is 16.4. The Labute approximate surface area is 407 Å². The Morgan fingerprint density at radius 3 is 1.91 bits per heavy atom. The summed E-state index contributed by atoms with van der Waals surface area (Å²) in [6, 6.07) is 76.6. The van der Waals surface area contributed by atoms with E-state index in [9.17, 15) is 5.11 Å². The molecule has 0 unspecified atom stereocenters. The average Bonchev–Trinajstić information content (AvgIpc) is 3.95. The molecule has 0 aliphatic carbocycles. The van der Waals surface area contributed by atoms with Crippen LogP contribution in [-0.2, 0) is 21.1 Å². The van der Waals surface area contributed by atoms with Crippen molar-refractivity contribution in [1.29, 1.82) is 0 Å². The first-order valence-electron chi connectivity index (χ1n) is 23.5. The molecule has 0 spiro atoms. The van der Waals surface area contributed by atoms with Crippen LogP contribution in [-0.4, -0.2) is 24.2 Å². The number of phenolic OH excluding ortho intramolecular Hbond substituents is 1. The van der Waals surface area contributed by atoms with Crippen molar-refractivity contribution in [3.63, 3.8) is 0 Å². The Morgan fingerprint density at radius 1 is 0.507 bits per heavy atom. The monoisotopic (exact) mass is 1040 g/mol. The maximum Gasteiger partial charge on any atom is 0.148 e. The molecule has 0 aliphatic rings. The number of fused-ring (bicyclic) bond motifs is 4. The third kappa shape index (κ3) is 7.35. The first kappa shape index (κ1) is 38.2. The normalized spacial score (nSPS) is 12.1. The minimum absolute atomic E-state index is 0. The number of hydrogen-bond donors (Lipinski definition) is 1. The molecule has 0 saturated carbocycles.